The quantitative estimate of drug-likeness (QED) is 0.834. The Bertz CT molecular complexity index is 539. The second kappa shape index (κ2) is 6.51. The van der Waals surface area contributed by atoms with E-state index in [1.165, 1.54) is 18.3 Å². The number of piperidine rings is 1. The number of hydrogen-bond acceptors (Lipinski definition) is 5. The molecule has 2 heterocycles. The van der Waals surface area contributed by atoms with Crippen LogP contribution in [-0.4, -0.2) is 45.0 Å². The van der Waals surface area contributed by atoms with E-state index < -0.39 is 10.0 Å². The van der Waals surface area contributed by atoms with Gasteiger partial charge in [-0.25, -0.2) is 18.1 Å². The predicted octanol–water partition coefficient (Wildman–Crippen LogP) is 0.674. The molecule has 3 N–H and O–H groups in total. The summed E-state index contributed by atoms with van der Waals surface area (Å²) in [7, 11) is -1.36. The average Bonchev–Trinajstić information content (AvgIpc) is 2.41. The van der Waals surface area contributed by atoms with Gasteiger partial charge in [0, 0.05) is 18.8 Å². The molecule has 0 unspecified atom stereocenters. The van der Waals surface area contributed by atoms with Gasteiger partial charge < -0.3 is 10.6 Å². The lowest BCUT2D eigenvalue weighted by Crippen LogP contribution is -2.32. The molecule has 1 aliphatic rings. The molecule has 112 valence electrons. The maximum absolute atomic E-state index is 12.1. The lowest BCUT2D eigenvalue weighted by molar-refractivity contribution is 0.213. The number of pyridine rings is 1. The second-order valence-corrected chi connectivity index (χ2v) is 7.12. The van der Waals surface area contributed by atoms with Crippen molar-refractivity contribution in [3.8, 4) is 0 Å². The molecule has 0 amide bonds. The number of nitrogens with two attached hydrogens (primary N) is 1. The van der Waals surface area contributed by atoms with E-state index in [1.807, 2.05) is 0 Å². The van der Waals surface area contributed by atoms with Crippen LogP contribution >= 0.6 is 0 Å². The number of sulfonamides is 1. The molecule has 0 bridgehead atoms. The Labute approximate surface area is 120 Å². The van der Waals surface area contributed by atoms with Gasteiger partial charge in [0.1, 0.15) is 5.82 Å². The fourth-order valence-electron chi connectivity index (χ4n) is 2.43. The summed E-state index contributed by atoms with van der Waals surface area (Å²) in [5.41, 5.74) is 5.51. The largest absolute Gasteiger partial charge is 0.384 e. The SMILES string of the molecule is CN1CCC(CCNS(=O)(=O)c2ccnc(N)c2)CC1. The topological polar surface area (TPSA) is 88.3 Å². The normalized spacial score (nSPS) is 18.2. The Hall–Kier alpha value is -1.18. The van der Waals surface area contributed by atoms with Crippen molar-refractivity contribution >= 4 is 15.8 Å². The number of anilines is 1. The number of aromatic nitrogens is 1. The van der Waals surface area contributed by atoms with Crippen LogP contribution in [0.5, 0.6) is 0 Å². The van der Waals surface area contributed by atoms with E-state index >= 15 is 0 Å². The van der Waals surface area contributed by atoms with E-state index in [0.717, 1.165) is 32.4 Å². The molecular weight excluding hydrogens is 276 g/mol. The molecule has 1 saturated heterocycles. The van der Waals surface area contributed by atoms with Crippen LogP contribution < -0.4 is 10.5 Å². The molecule has 1 aromatic rings. The zero-order valence-electron chi connectivity index (χ0n) is 11.7. The number of likely N-dealkylation sites (tertiary alicyclic amines) is 1. The van der Waals surface area contributed by atoms with Crippen LogP contribution in [-0.2, 0) is 10.0 Å². The van der Waals surface area contributed by atoms with Gasteiger partial charge in [0.2, 0.25) is 10.0 Å². The van der Waals surface area contributed by atoms with Gasteiger partial charge in [0.05, 0.1) is 4.90 Å². The number of rotatable bonds is 5. The van der Waals surface area contributed by atoms with Crippen molar-refractivity contribution in [1.82, 2.24) is 14.6 Å². The highest BCUT2D eigenvalue weighted by Gasteiger charge is 2.18. The molecule has 0 atom stereocenters. The molecule has 7 heteroatoms. The minimum Gasteiger partial charge on any atom is -0.384 e. The summed E-state index contributed by atoms with van der Waals surface area (Å²) < 4.78 is 26.8. The van der Waals surface area contributed by atoms with E-state index in [9.17, 15) is 8.42 Å². The van der Waals surface area contributed by atoms with Gasteiger partial charge in [0.25, 0.3) is 0 Å². The van der Waals surface area contributed by atoms with Crippen LogP contribution in [0.25, 0.3) is 0 Å². The van der Waals surface area contributed by atoms with E-state index in [4.69, 9.17) is 5.73 Å². The highest BCUT2D eigenvalue weighted by molar-refractivity contribution is 7.89. The van der Waals surface area contributed by atoms with Crippen LogP contribution in [0.4, 0.5) is 5.82 Å². The maximum atomic E-state index is 12.1. The zero-order valence-corrected chi connectivity index (χ0v) is 12.6. The molecule has 20 heavy (non-hydrogen) atoms. The average molecular weight is 298 g/mol. The monoisotopic (exact) mass is 298 g/mol. The molecular formula is C13H22N4O2S. The Morgan fingerprint density at radius 3 is 2.80 bits per heavy atom. The van der Waals surface area contributed by atoms with Gasteiger partial charge in [-0.1, -0.05) is 0 Å². The molecule has 2 rings (SSSR count). The number of nitrogens with one attached hydrogen (secondary N) is 1. The maximum Gasteiger partial charge on any atom is 0.240 e. The molecule has 6 nitrogen and oxygen atoms in total. The fraction of sp³-hybridized carbons (Fsp3) is 0.615. The molecule has 0 saturated carbocycles. The summed E-state index contributed by atoms with van der Waals surface area (Å²) in [5.74, 6) is 0.819. The van der Waals surface area contributed by atoms with Crippen LogP contribution in [0.1, 0.15) is 19.3 Å². The van der Waals surface area contributed by atoms with Crippen LogP contribution in [0.3, 0.4) is 0 Å². The molecule has 1 fully saturated rings. The Kier molecular flexibility index (Phi) is 4.95. The molecule has 1 aliphatic heterocycles. The van der Waals surface area contributed by atoms with Crippen molar-refractivity contribution in [1.29, 1.82) is 0 Å². The van der Waals surface area contributed by atoms with Gasteiger partial charge in [-0.15, -0.1) is 0 Å². The smallest absolute Gasteiger partial charge is 0.240 e. The Morgan fingerprint density at radius 1 is 1.45 bits per heavy atom. The molecule has 1 aromatic heterocycles. The first-order chi connectivity index (χ1) is 9.47. The Balaban J connectivity index is 1.84. The van der Waals surface area contributed by atoms with Crippen LogP contribution in [0.2, 0.25) is 0 Å². The fourth-order valence-corrected chi connectivity index (χ4v) is 3.50. The van der Waals surface area contributed by atoms with Crippen molar-refractivity contribution in [2.45, 2.75) is 24.2 Å². The summed E-state index contributed by atoms with van der Waals surface area (Å²) in [6, 6.07) is 2.83. The van der Waals surface area contributed by atoms with Gasteiger partial charge >= 0.3 is 0 Å². The third-order valence-corrected chi connectivity index (χ3v) is 5.20. The highest BCUT2D eigenvalue weighted by Crippen LogP contribution is 2.19. The second-order valence-electron chi connectivity index (χ2n) is 5.35. The lowest BCUT2D eigenvalue weighted by atomic mass is 9.94. The third-order valence-electron chi connectivity index (χ3n) is 3.75. The first-order valence-corrected chi connectivity index (χ1v) is 8.35. The van der Waals surface area contributed by atoms with Gasteiger partial charge in [0.15, 0.2) is 0 Å². The molecule has 0 aromatic carbocycles. The highest BCUT2D eigenvalue weighted by atomic mass is 32.2. The molecule has 0 aliphatic carbocycles. The van der Waals surface area contributed by atoms with Crippen molar-refractivity contribution in [3.63, 3.8) is 0 Å². The van der Waals surface area contributed by atoms with Crippen molar-refractivity contribution in [3.05, 3.63) is 18.3 Å². The summed E-state index contributed by atoms with van der Waals surface area (Å²) in [4.78, 5) is 6.28. The first-order valence-electron chi connectivity index (χ1n) is 6.87. The predicted molar refractivity (Wildman–Crippen MR) is 78.7 cm³/mol. The summed E-state index contributed by atoms with van der Waals surface area (Å²) >= 11 is 0. The van der Waals surface area contributed by atoms with Crippen molar-refractivity contribution < 1.29 is 8.42 Å². The van der Waals surface area contributed by atoms with E-state index in [0.29, 0.717) is 12.5 Å². The summed E-state index contributed by atoms with van der Waals surface area (Å²) in [6.45, 7) is 2.66. The number of nitrogen functional groups attached to an aromatic ring is 1. The van der Waals surface area contributed by atoms with E-state index in [1.54, 1.807) is 0 Å². The standard InChI is InChI=1S/C13H22N4O2S/c1-17-8-4-11(5-9-17)2-7-16-20(18,19)12-3-6-15-13(14)10-12/h3,6,10-11,16H,2,4-5,7-9H2,1H3,(H2,14,15). The molecule has 0 spiro atoms. The minimum atomic E-state index is -3.47. The van der Waals surface area contributed by atoms with Crippen molar-refractivity contribution in [2.24, 2.45) is 5.92 Å². The number of nitrogens with zero attached hydrogens (tertiary/aromatic N) is 2. The van der Waals surface area contributed by atoms with Crippen LogP contribution in [0.15, 0.2) is 23.2 Å². The Morgan fingerprint density at radius 2 is 2.15 bits per heavy atom. The van der Waals surface area contributed by atoms with Gasteiger partial charge in [-0.3, -0.25) is 0 Å². The van der Waals surface area contributed by atoms with Crippen LogP contribution in [0, 0.1) is 5.92 Å². The summed E-state index contributed by atoms with van der Waals surface area (Å²) in [6.07, 6.45) is 4.56. The van der Waals surface area contributed by atoms with E-state index in [-0.39, 0.29) is 10.7 Å². The number of hydrogen-bond donors (Lipinski definition) is 2. The first kappa shape index (κ1) is 15.2. The lowest BCUT2D eigenvalue weighted by Gasteiger charge is -2.28. The van der Waals surface area contributed by atoms with Crippen molar-refractivity contribution in [2.75, 3.05) is 32.4 Å². The zero-order chi connectivity index (χ0) is 14.6. The van der Waals surface area contributed by atoms with Gasteiger partial charge in [-0.05, 0) is 51.4 Å². The minimum absolute atomic E-state index is 0.174. The van der Waals surface area contributed by atoms with Gasteiger partial charge in [-0.2, -0.15) is 0 Å². The molecule has 0 radical (unpaired) electrons. The summed E-state index contributed by atoms with van der Waals surface area (Å²) in [5, 5.41) is 0. The third kappa shape index (κ3) is 4.16. The van der Waals surface area contributed by atoms with E-state index in [2.05, 4.69) is 21.7 Å².